The number of fused-ring (bicyclic) bond motifs is 12. The molecule has 1 heterocycles. The normalized spacial score (nSPS) is 13.1. The van der Waals surface area contributed by atoms with E-state index >= 15 is 0 Å². The van der Waals surface area contributed by atoms with Crippen molar-refractivity contribution in [1.82, 2.24) is 15.0 Å². The molecule has 264 valence electrons. The molecule has 2 aliphatic carbocycles. The Balaban J connectivity index is 1.03. The van der Waals surface area contributed by atoms with E-state index in [0.29, 0.717) is 17.5 Å². The highest BCUT2D eigenvalue weighted by molar-refractivity contribution is 5.96. The maximum absolute atomic E-state index is 5.17. The van der Waals surface area contributed by atoms with Gasteiger partial charge in [-0.1, -0.05) is 176 Å². The molecule has 0 saturated heterocycles. The number of nitrogens with zero attached hydrogens (tertiary/aromatic N) is 3. The minimum Gasteiger partial charge on any atom is -0.208 e. The van der Waals surface area contributed by atoms with Crippen molar-refractivity contribution in [3.63, 3.8) is 0 Å². The summed E-state index contributed by atoms with van der Waals surface area (Å²) in [4.78, 5) is 15.5. The second-order valence-electron chi connectivity index (χ2n) is 15.2. The molecule has 2 aliphatic rings. The summed E-state index contributed by atoms with van der Waals surface area (Å²) in [5.41, 5.74) is 15.3. The number of benzene rings is 9. The molecule has 3 nitrogen and oxygen atoms in total. The van der Waals surface area contributed by atoms with Crippen molar-refractivity contribution in [3.8, 4) is 67.5 Å². The summed E-state index contributed by atoms with van der Waals surface area (Å²) in [6.45, 7) is 0. The number of hydrogen-bond donors (Lipinski definition) is 0. The summed E-state index contributed by atoms with van der Waals surface area (Å²) in [7, 11) is 0. The van der Waals surface area contributed by atoms with Gasteiger partial charge in [-0.05, 0) is 101 Å². The number of hydrogen-bond acceptors (Lipinski definition) is 3. The quantitative estimate of drug-likeness (QED) is 0.181. The Bertz CT molecular complexity index is 3110. The van der Waals surface area contributed by atoms with E-state index in [-0.39, 0.29) is 0 Å². The van der Waals surface area contributed by atoms with Crippen LogP contribution in [-0.2, 0) is 5.41 Å². The summed E-state index contributed by atoms with van der Waals surface area (Å²) in [6.07, 6.45) is 0. The molecule has 0 N–H and O–H groups in total. The van der Waals surface area contributed by atoms with Gasteiger partial charge in [0.05, 0.1) is 5.41 Å². The van der Waals surface area contributed by atoms with Crippen LogP contribution >= 0.6 is 0 Å². The topological polar surface area (TPSA) is 38.7 Å². The fourth-order valence-electron chi connectivity index (χ4n) is 9.53. The summed E-state index contributed by atoms with van der Waals surface area (Å²) in [5, 5.41) is 4.66. The fraction of sp³-hybridized carbons (Fsp3) is 0.0185. The van der Waals surface area contributed by atoms with Crippen LogP contribution in [0.4, 0.5) is 0 Å². The van der Waals surface area contributed by atoms with Crippen LogP contribution in [0.25, 0.3) is 89.1 Å². The van der Waals surface area contributed by atoms with Gasteiger partial charge < -0.3 is 0 Å². The summed E-state index contributed by atoms with van der Waals surface area (Å²) in [5.74, 6) is 1.94. The predicted octanol–water partition coefficient (Wildman–Crippen LogP) is 13.2. The third-order valence-electron chi connectivity index (χ3n) is 12.1. The Morgan fingerprint density at radius 1 is 0.246 bits per heavy atom. The lowest BCUT2D eigenvalue weighted by Crippen LogP contribution is -2.25. The molecule has 9 aromatic carbocycles. The number of aromatic nitrogens is 3. The molecule has 10 aromatic rings. The lowest BCUT2D eigenvalue weighted by molar-refractivity contribution is 0.794. The second-order valence-corrected chi connectivity index (χ2v) is 15.2. The van der Waals surface area contributed by atoms with Crippen LogP contribution in [0.1, 0.15) is 22.3 Å². The van der Waals surface area contributed by atoms with E-state index in [1.54, 1.807) is 0 Å². The van der Waals surface area contributed by atoms with Crippen LogP contribution in [0.3, 0.4) is 0 Å². The first-order valence-corrected chi connectivity index (χ1v) is 19.5. The average molecular weight is 724 g/mol. The third kappa shape index (κ3) is 4.76. The first-order valence-electron chi connectivity index (χ1n) is 19.5. The van der Waals surface area contributed by atoms with Gasteiger partial charge >= 0.3 is 0 Å². The molecule has 3 heteroatoms. The van der Waals surface area contributed by atoms with Gasteiger partial charge in [0.1, 0.15) is 0 Å². The smallest absolute Gasteiger partial charge is 0.164 e. The summed E-state index contributed by atoms with van der Waals surface area (Å²) in [6, 6.07) is 72.3. The predicted molar refractivity (Wildman–Crippen MR) is 233 cm³/mol. The van der Waals surface area contributed by atoms with Crippen LogP contribution < -0.4 is 0 Å². The Kier molecular flexibility index (Phi) is 6.84. The highest BCUT2D eigenvalue weighted by atomic mass is 15.0. The van der Waals surface area contributed by atoms with E-state index in [9.17, 15) is 0 Å². The molecule has 1 aromatic heterocycles. The molecule has 0 fully saturated rings. The van der Waals surface area contributed by atoms with Crippen LogP contribution in [0, 0.1) is 0 Å². The van der Waals surface area contributed by atoms with Crippen molar-refractivity contribution in [2.75, 3.05) is 0 Å². The Morgan fingerprint density at radius 3 is 1.16 bits per heavy atom. The van der Waals surface area contributed by atoms with Crippen LogP contribution in [0.15, 0.2) is 200 Å². The highest BCUT2D eigenvalue weighted by Gasteiger charge is 2.51. The van der Waals surface area contributed by atoms with Crippen molar-refractivity contribution in [2.24, 2.45) is 0 Å². The second kappa shape index (κ2) is 12.3. The van der Waals surface area contributed by atoms with Crippen molar-refractivity contribution in [1.29, 1.82) is 0 Å². The van der Waals surface area contributed by atoms with E-state index in [0.717, 1.165) is 38.6 Å². The fourth-order valence-corrected chi connectivity index (χ4v) is 9.53. The molecule has 57 heavy (non-hydrogen) atoms. The minimum atomic E-state index is -0.398. The zero-order valence-electron chi connectivity index (χ0n) is 30.9. The van der Waals surface area contributed by atoms with E-state index in [1.165, 1.54) is 55.3 Å². The van der Waals surface area contributed by atoms with Gasteiger partial charge in [0.25, 0.3) is 0 Å². The molecule has 0 atom stereocenters. The van der Waals surface area contributed by atoms with Crippen molar-refractivity contribution >= 4 is 21.5 Å². The van der Waals surface area contributed by atoms with Crippen LogP contribution in [0.2, 0.25) is 0 Å². The lowest BCUT2D eigenvalue weighted by atomic mass is 9.70. The summed E-state index contributed by atoms with van der Waals surface area (Å²) < 4.78 is 0. The zero-order valence-corrected chi connectivity index (χ0v) is 30.9. The Labute approximate surface area is 330 Å². The highest BCUT2D eigenvalue weighted by Crippen LogP contribution is 2.63. The molecule has 0 aliphatic heterocycles. The molecule has 0 radical (unpaired) electrons. The maximum Gasteiger partial charge on any atom is 0.164 e. The number of rotatable bonds is 4. The van der Waals surface area contributed by atoms with E-state index in [4.69, 9.17) is 15.0 Å². The van der Waals surface area contributed by atoms with Crippen molar-refractivity contribution in [2.45, 2.75) is 5.41 Å². The molecular formula is C54H33N3. The molecule has 0 saturated carbocycles. The molecule has 0 bridgehead atoms. The van der Waals surface area contributed by atoms with Crippen LogP contribution in [-0.4, -0.2) is 15.0 Å². The van der Waals surface area contributed by atoms with Gasteiger partial charge in [-0.3, -0.25) is 0 Å². The van der Waals surface area contributed by atoms with Gasteiger partial charge in [0.2, 0.25) is 0 Å². The maximum atomic E-state index is 5.17. The van der Waals surface area contributed by atoms with Crippen LogP contribution in [0.5, 0.6) is 0 Å². The zero-order chi connectivity index (χ0) is 37.5. The molecule has 1 spiro atoms. The van der Waals surface area contributed by atoms with Gasteiger partial charge in [-0.2, -0.15) is 0 Å². The SMILES string of the molecule is c1cc(-c2ccc3c(c2)C2(c4ccccc4-c4ccccc42)c2ccccc2-3)cc(-c2nc(-c3ccc4ccccc4c3)nc(-c3ccc4ccccc4c3)n2)c1. The standard InChI is InChI=1S/C54H33N3/c1-3-14-36-30-41(26-24-34(36)12-1)52-55-51(56-53(57-52)42-27-25-35-13-2-4-15-37(35)31-42)40-17-11-16-38(32-40)39-28-29-46-45-20-7-10-23-49(45)54(50(46)33-39)47-21-8-5-18-43(47)44-19-6-9-22-48(44)54/h1-33H. The third-order valence-corrected chi connectivity index (χ3v) is 12.1. The van der Waals surface area contributed by atoms with Crippen molar-refractivity contribution < 1.29 is 0 Å². The van der Waals surface area contributed by atoms with Gasteiger partial charge in [0.15, 0.2) is 17.5 Å². The van der Waals surface area contributed by atoms with Crippen molar-refractivity contribution in [3.05, 3.63) is 222 Å². The Morgan fingerprint density at radius 2 is 0.632 bits per heavy atom. The van der Waals surface area contributed by atoms with Gasteiger partial charge in [-0.15, -0.1) is 0 Å². The molecular weight excluding hydrogens is 691 g/mol. The molecule has 0 amide bonds. The first kappa shape index (κ1) is 31.8. The van der Waals surface area contributed by atoms with E-state index in [2.05, 4.69) is 200 Å². The average Bonchev–Trinajstić information content (AvgIpc) is 3.76. The van der Waals surface area contributed by atoms with E-state index in [1.807, 2.05) is 0 Å². The molecule has 0 unspecified atom stereocenters. The van der Waals surface area contributed by atoms with E-state index < -0.39 is 5.41 Å². The minimum absolute atomic E-state index is 0.398. The first-order chi connectivity index (χ1) is 28.2. The largest absolute Gasteiger partial charge is 0.208 e. The summed E-state index contributed by atoms with van der Waals surface area (Å²) >= 11 is 0. The monoisotopic (exact) mass is 723 g/mol. The lowest BCUT2D eigenvalue weighted by Gasteiger charge is -2.30. The Hall–Kier alpha value is -7.49. The van der Waals surface area contributed by atoms with Gasteiger partial charge in [-0.25, -0.2) is 15.0 Å². The molecule has 12 rings (SSSR count). The van der Waals surface area contributed by atoms with Gasteiger partial charge in [0, 0.05) is 16.7 Å².